The minimum Gasteiger partial charge on any atom is -0.469 e. The van der Waals surface area contributed by atoms with Crippen LogP contribution < -0.4 is 5.32 Å². The molecule has 1 amide bonds. The number of carbonyl (C=O) groups is 2. The second kappa shape index (κ2) is 6.23. The van der Waals surface area contributed by atoms with Crippen molar-refractivity contribution in [2.45, 2.75) is 26.4 Å². The molecule has 1 aliphatic rings. The van der Waals surface area contributed by atoms with Gasteiger partial charge in [0.1, 0.15) is 5.60 Å². The first kappa shape index (κ1) is 15.8. The van der Waals surface area contributed by atoms with Gasteiger partial charge < -0.3 is 19.7 Å². The van der Waals surface area contributed by atoms with Gasteiger partial charge in [0.15, 0.2) is 0 Å². The number of rotatable bonds is 3. The van der Waals surface area contributed by atoms with Crippen molar-refractivity contribution in [3.63, 3.8) is 0 Å². The van der Waals surface area contributed by atoms with E-state index in [1.165, 1.54) is 7.11 Å². The lowest BCUT2D eigenvalue weighted by molar-refractivity contribution is -0.146. The lowest BCUT2D eigenvalue weighted by Crippen LogP contribution is -2.38. The number of esters is 1. The van der Waals surface area contributed by atoms with Gasteiger partial charge in [0, 0.05) is 25.6 Å². The Morgan fingerprint density at radius 3 is 2.47 bits per heavy atom. The van der Waals surface area contributed by atoms with E-state index in [2.05, 4.69) is 10.2 Å². The predicted molar refractivity (Wildman–Crippen MR) is 70.7 cm³/mol. The zero-order chi connectivity index (χ0) is 14.6. The molecule has 1 saturated heterocycles. The first-order valence-electron chi connectivity index (χ1n) is 6.46. The van der Waals surface area contributed by atoms with Gasteiger partial charge in [-0.15, -0.1) is 0 Å². The van der Waals surface area contributed by atoms with Crippen LogP contribution in [0.3, 0.4) is 0 Å². The van der Waals surface area contributed by atoms with Crippen molar-refractivity contribution in [3.8, 4) is 0 Å². The maximum atomic E-state index is 11.7. The van der Waals surface area contributed by atoms with Crippen LogP contribution in [-0.2, 0) is 14.3 Å². The standard InChI is InChI=1S/C13H24N2O4/c1-13(2,3)19-12(17)14-6-9-7-15(4)8-10(9)11(16)18-5/h9-10H,6-8H2,1-5H3,(H,14,17). The molecule has 0 aromatic heterocycles. The van der Waals surface area contributed by atoms with Gasteiger partial charge >= 0.3 is 12.1 Å². The molecule has 0 aliphatic carbocycles. The van der Waals surface area contributed by atoms with Gasteiger partial charge in [0.05, 0.1) is 13.0 Å². The van der Waals surface area contributed by atoms with E-state index >= 15 is 0 Å². The monoisotopic (exact) mass is 272 g/mol. The Labute approximate surface area is 114 Å². The molecule has 1 rings (SSSR count). The quantitative estimate of drug-likeness (QED) is 0.772. The predicted octanol–water partition coefficient (Wildman–Crippen LogP) is 0.862. The highest BCUT2D eigenvalue weighted by molar-refractivity contribution is 5.73. The fraction of sp³-hybridized carbons (Fsp3) is 0.846. The summed E-state index contributed by atoms with van der Waals surface area (Å²) in [6.07, 6.45) is -0.453. The van der Waals surface area contributed by atoms with Crippen LogP contribution in [-0.4, -0.2) is 56.4 Å². The third-order valence-electron chi connectivity index (χ3n) is 3.03. The van der Waals surface area contributed by atoms with Crippen molar-refractivity contribution in [1.29, 1.82) is 0 Å². The van der Waals surface area contributed by atoms with E-state index < -0.39 is 11.7 Å². The van der Waals surface area contributed by atoms with Gasteiger partial charge in [-0.3, -0.25) is 4.79 Å². The fourth-order valence-corrected chi connectivity index (χ4v) is 2.24. The van der Waals surface area contributed by atoms with E-state index in [1.807, 2.05) is 27.8 Å². The Hall–Kier alpha value is -1.30. The van der Waals surface area contributed by atoms with Gasteiger partial charge in [-0.25, -0.2) is 4.79 Å². The molecule has 0 aromatic carbocycles. The Morgan fingerprint density at radius 1 is 1.32 bits per heavy atom. The molecule has 0 radical (unpaired) electrons. The summed E-state index contributed by atoms with van der Waals surface area (Å²) in [5.74, 6) is -0.352. The number of hydrogen-bond acceptors (Lipinski definition) is 5. The molecule has 1 fully saturated rings. The highest BCUT2D eigenvalue weighted by Gasteiger charge is 2.37. The van der Waals surface area contributed by atoms with Crippen molar-refractivity contribution < 1.29 is 19.1 Å². The molecule has 6 heteroatoms. The number of carbonyl (C=O) groups excluding carboxylic acids is 2. The van der Waals surface area contributed by atoms with Crippen molar-refractivity contribution in [2.75, 3.05) is 33.8 Å². The Balaban J connectivity index is 2.47. The van der Waals surface area contributed by atoms with E-state index in [9.17, 15) is 9.59 Å². The van der Waals surface area contributed by atoms with Gasteiger partial charge in [0.2, 0.25) is 0 Å². The molecule has 19 heavy (non-hydrogen) atoms. The highest BCUT2D eigenvalue weighted by atomic mass is 16.6. The second-order valence-corrected chi connectivity index (χ2v) is 5.99. The third-order valence-corrected chi connectivity index (χ3v) is 3.03. The number of alkyl carbamates (subject to hydrolysis) is 1. The number of nitrogens with zero attached hydrogens (tertiary/aromatic N) is 1. The van der Waals surface area contributed by atoms with Crippen LogP contribution in [0.1, 0.15) is 20.8 Å². The lowest BCUT2D eigenvalue weighted by atomic mass is 9.96. The molecule has 0 spiro atoms. The molecule has 0 bridgehead atoms. The molecule has 2 unspecified atom stereocenters. The fourth-order valence-electron chi connectivity index (χ4n) is 2.24. The van der Waals surface area contributed by atoms with Crippen molar-refractivity contribution in [2.24, 2.45) is 11.8 Å². The van der Waals surface area contributed by atoms with Gasteiger partial charge in [-0.1, -0.05) is 0 Å². The maximum absolute atomic E-state index is 11.7. The van der Waals surface area contributed by atoms with Crippen molar-refractivity contribution in [3.05, 3.63) is 0 Å². The summed E-state index contributed by atoms with van der Waals surface area (Å²) in [6.45, 7) is 7.27. The average molecular weight is 272 g/mol. The molecule has 1 aliphatic heterocycles. The first-order valence-corrected chi connectivity index (χ1v) is 6.46. The average Bonchev–Trinajstić information content (AvgIpc) is 2.64. The van der Waals surface area contributed by atoms with Crippen LogP contribution in [0.15, 0.2) is 0 Å². The molecular weight excluding hydrogens is 248 g/mol. The van der Waals surface area contributed by atoms with E-state index in [1.54, 1.807) is 0 Å². The van der Waals surface area contributed by atoms with Crippen LogP contribution in [0.4, 0.5) is 4.79 Å². The largest absolute Gasteiger partial charge is 0.469 e. The van der Waals surface area contributed by atoms with Crippen LogP contribution >= 0.6 is 0 Å². The molecule has 0 aromatic rings. The highest BCUT2D eigenvalue weighted by Crippen LogP contribution is 2.22. The molecule has 110 valence electrons. The van der Waals surface area contributed by atoms with Crippen LogP contribution in [0.2, 0.25) is 0 Å². The van der Waals surface area contributed by atoms with E-state index in [-0.39, 0.29) is 17.8 Å². The SMILES string of the molecule is COC(=O)C1CN(C)CC1CNC(=O)OC(C)(C)C. The first-order chi connectivity index (χ1) is 8.73. The summed E-state index contributed by atoms with van der Waals surface area (Å²) < 4.78 is 9.96. The normalized spacial score (nSPS) is 24.1. The lowest BCUT2D eigenvalue weighted by Gasteiger charge is -2.21. The Kier molecular flexibility index (Phi) is 5.17. The maximum Gasteiger partial charge on any atom is 0.407 e. The molecule has 6 nitrogen and oxygen atoms in total. The Morgan fingerprint density at radius 2 is 1.95 bits per heavy atom. The summed E-state index contributed by atoms with van der Waals surface area (Å²) in [4.78, 5) is 25.3. The van der Waals surface area contributed by atoms with Crippen LogP contribution in [0.5, 0.6) is 0 Å². The third kappa shape index (κ3) is 5.06. The second-order valence-electron chi connectivity index (χ2n) is 5.99. The van der Waals surface area contributed by atoms with E-state index in [0.29, 0.717) is 13.1 Å². The minimum absolute atomic E-state index is 0.0602. The van der Waals surface area contributed by atoms with Crippen molar-refractivity contribution in [1.82, 2.24) is 10.2 Å². The molecular formula is C13H24N2O4. The summed E-state index contributed by atoms with van der Waals surface area (Å²) in [6, 6.07) is 0. The van der Waals surface area contributed by atoms with E-state index in [0.717, 1.165) is 6.54 Å². The van der Waals surface area contributed by atoms with Gasteiger partial charge in [-0.05, 0) is 27.8 Å². The molecule has 2 atom stereocenters. The zero-order valence-electron chi connectivity index (χ0n) is 12.4. The Bertz CT molecular complexity index is 338. The van der Waals surface area contributed by atoms with Gasteiger partial charge in [-0.2, -0.15) is 0 Å². The number of ether oxygens (including phenoxy) is 2. The minimum atomic E-state index is -0.516. The molecule has 1 heterocycles. The number of likely N-dealkylation sites (tertiary alicyclic amines) is 1. The zero-order valence-corrected chi connectivity index (χ0v) is 12.4. The molecule has 0 saturated carbocycles. The van der Waals surface area contributed by atoms with Gasteiger partial charge in [0.25, 0.3) is 0 Å². The number of hydrogen-bond donors (Lipinski definition) is 1. The van der Waals surface area contributed by atoms with Crippen LogP contribution in [0.25, 0.3) is 0 Å². The summed E-state index contributed by atoms with van der Waals surface area (Å²) in [5, 5.41) is 2.72. The van der Waals surface area contributed by atoms with Crippen LogP contribution in [0, 0.1) is 11.8 Å². The number of methoxy groups -OCH3 is 1. The summed E-state index contributed by atoms with van der Waals surface area (Å²) in [7, 11) is 3.34. The number of amides is 1. The topological polar surface area (TPSA) is 67.9 Å². The molecule has 1 N–H and O–H groups in total. The number of nitrogens with one attached hydrogen (secondary N) is 1. The smallest absolute Gasteiger partial charge is 0.407 e. The van der Waals surface area contributed by atoms with E-state index in [4.69, 9.17) is 9.47 Å². The summed E-state index contributed by atoms with van der Waals surface area (Å²) >= 11 is 0. The summed E-state index contributed by atoms with van der Waals surface area (Å²) in [5.41, 5.74) is -0.516. The van der Waals surface area contributed by atoms with Crippen molar-refractivity contribution >= 4 is 12.1 Å².